The lowest BCUT2D eigenvalue weighted by atomic mass is 10.1. The Kier molecular flexibility index (Phi) is 4.36. The average Bonchev–Trinajstić information content (AvgIpc) is 2.51. The average molecular weight is 210 g/mol. The van der Waals surface area contributed by atoms with Crippen LogP contribution in [-0.4, -0.2) is 21.8 Å². The molecule has 0 unspecified atom stereocenters. The minimum atomic E-state index is -0.633. The van der Waals surface area contributed by atoms with Gasteiger partial charge in [0.1, 0.15) is 0 Å². The molecule has 1 heterocycles. The molecule has 1 aromatic heterocycles. The maximum atomic E-state index is 9.52. The largest absolute Gasteiger partial charge is 0.389 e. The zero-order valence-electron chi connectivity index (χ0n) is 9.95. The van der Waals surface area contributed by atoms with Gasteiger partial charge in [0.25, 0.3) is 0 Å². The number of aryl methyl sites for hydroxylation is 1. The fourth-order valence-electron chi connectivity index (χ4n) is 1.51. The zero-order valence-corrected chi connectivity index (χ0v) is 9.95. The van der Waals surface area contributed by atoms with Crippen molar-refractivity contribution in [2.24, 2.45) is 0 Å². The van der Waals surface area contributed by atoms with Crippen LogP contribution in [0.15, 0.2) is 18.5 Å². The minimum absolute atomic E-state index is 0.617. The van der Waals surface area contributed by atoms with Crippen molar-refractivity contribution in [3.63, 3.8) is 0 Å². The number of hydrogen-bond acceptors (Lipinski definition) is 2. The lowest BCUT2D eigenvalue weighted by Gasteiger charge is -2.17. The van der Waals surface area contributed by atoms with Crippen molar-refractivity contribution in [1.29, 1.82) is 0 Å². The molecule has 3 nitrogen and oxygen atoms in total. The summed E-state index contributed by atoms with van der Waals surface area (Å²) in [6.07, 6.45) is 5.41. The van der Waals surface area contributed by atoms with Crippen LogP contribution in [0.1, 0.15) is 32.8 Å². The number of rotatable bonds is 6. The molecule has 0 fully saturated rings. The van der Waals surface area contributed by atoms with Gasteiger partial charge in [-0.1, -0.05) is 6.92 Å². The van der Waals surface area contributed by atoms with Crippen LogP contribution in [0.5, 0.6) is 0 Å². The van der Waals surface area contributed by atoms with Gasteiger partial charge in [-0.05, 0) is 31.9 Å². The van der Waals surface area contributed by atoms with Crippen LogP contribution in [0.25, 0.3) is 0 Å². The summed E-state index contributed by atoms with van der Waals surface area (Å²) in [4.78, 5) is 0. The number of hydrogen-bond donors (Lipinski definition) is 2. The first-order valence-corrected chi connectivity index (χ1v) is 5.59. The lowest BCUT2D eigenvalue weighted by Crippen LogP contribution is -2.34. The van der Waals surface area contributed by atoms with Crippen LogP contribution in [-0.2, 0) is 13.1 Å². The normalized spacial score (nSPS) is 12.0. The van der Waals surface area contributed by atoms with Crippen molar-refractivity contribution in [2.45, 2.75) is 45.9 Å². The van der Waals surface area contributed by atoms with Crippen LogP contribution < -0.4 is 5.32 Å². The van der Waals surface area contributed by atoms with Crippen molar-refractivity contribution in [1.82, 2.24) is 9.88 Å². The highest BCUT2D eigenvalue weighted by Gasteiger charge is 2.10. The van der Waals surface area contributed by atoms with Crippen LogP contribution in [0, 0.1) is 0 Å². The molecule has 0 atom stereocenters. The predicted molar refractivity (Wildman–Crippen MR) is 62.7 cm³/mol. The SMILES string of the molecule is CCCn1ccc(CNCC(C)(C)O)c1. The molecule has 1 rings (SSSR count). The van der Waals surface area contributed by atoms with Gasteiger partial charge in [-0.25, -0.2) is 0 Å². The molecule has 0 amide bonds. The lowest BCUT2D eigenvalue weighted by molar-refractivity contribution is 0.0795. The van der Waals surface area contributed by atoms with E-state index in [1.165, 1.54) is 5.56 Å². The minimum Gasteiger partial charge on any atom is -0.389 e. The van der Waals surface area contributed by atoms with Crippen LogP contribution in [0.2, 0.25) is 0 Å². The summed E-state index contributed by atoms with van der Waals surface area (Å²) >= 11 is 0. The molecule has 1 aromatic rings. The first-order valence-electron chi connectivity index (χ1n) is 5.59. The van der Waals surface area contributed by atoms with Crippen molar-refractivity contribution >= 4 is 0 Å². The first kappa shape index (κ1) is 12.3. The Morgan fingerprint density at radius 1 is 1.47 bits per heavy atom. The standard InChI is InChI=1S/C12H22N2O/c1-4-6-14-7-5-11(9-14)8-13-10-12(2,3)15/h5,7,9,13,15H,4,6,8,10H2,1-3H3. The topological polar surface area (TPSA) is 37.2 Å². The van der Waals surface area contributed by atoms with E-state index < -0.39 is 5.60 Å². The Bertz CT molecular complexity index is 286. The number of aromatic nitrogens is 1. The second-order valence-electron chi connectivity index (χ2n) is 4.67. The highest BCUT2D eigenvalue weighted by atomic mass is 16.3. The van der Waals surface area contributed by atoms with Gasteiger partial charge < -0.3 is 15.0 Å². The van der Waals surface area contributed by atoms with Crippen LogP contribution in [0.4, 0.5) is 0 Å². The molecule has 0 aliphatic rings. The van der Waals surface area contributed by atoms with E-state index in [-0.39, 0.29) is 0 Å². The number of nitrogens with one attached hydrogen (secondary N) is 1. The molecule has 0 spiro atoms. The molecule has 86 valence electrons. The summed E-state index contributed by atoms with van der Waals surface area (Å²) in [5.41, 5.74) is 0.638. The molecule has 0 saturated carbocycles. The van der Waals surface area contributed by atoms with Gasteiger partial charge in [-0.3, -0.25) is 0 Å². The maximum absolute atomic E-state index is 9.52. The maximum Gasteiger partial charge on any atom is 0.0715 e. The molecule has 0 saturated heterocycles. The van der Waals surface area contributed by atoms with Gasteiger partial charge in [0, 0.05) is 32.0 Å². The molecule has 3 heteroatoms. The number of aliphatic hydroxyl groups is 1. The third-order valence-corrected chi connectivity index (χ3v) is 2.18. The summed E-state index contributed by atoms with van der Waals surface area (Å²) in [6.45, 7) is 8.30. The van der Waals surface area contributed by atoms with E-state index >= 15 is 0 Å². The third kappa shape index (κ3) is 5.00. The van der Waals surface area contributed by atoms with Crippen LogP contribution >= 0.6 is 0 Å². The van der Waals surface area contributed by atoms with Gasteiger partial charge in [0.15, 0.2) is 0 Å². The second kappa shape index (κ2) is 5.33. The van der Waals surface area contributed by atoms with E-state index in [2.05, 4.69) is 35.3 Å². The van der Waals surface area contributed by atoms with Gasteiger partial charge in [-0.15, -0.1) is 0 Å². The van der Waals surface area contributed by atoms with Crippen molar-refractivity contribution < 1.29 is 5.11 Å². The highest BCUT2D eigenvalue weighted by molar-refractivity contribution is 5.09. The van der Waals surface area contributed by atoms with E-state index in [1.54, 1.807) is 0 Å². The van der Waals surface area contributed by atoms with Crippen molar-refractivity contribution in [3.05, 3.63) is 24.0 Å². The molecule has 0 radical (unpaired) electrons. The quantitative estimate of drug-likeness (QED) is 0.750. The molecule has 0 aliphatic carbocycles. The third-order valence-electron chi connectivity index (χ3n) is 2.18. The second-order valence-corrected chi connectivity index (χ2v) is 4.67. The molecular formula is C12H22N2O. The van der Waals surface area contributed by atoms with Crippen molar-refractivity contribution in [3.8, 4) is 0 Å². The van der Waals surface area contributed by atoms with E-state index in [1.807, 2.05) is 13.8 Å². The monoisotopic (exact) mass is 210 g/mol. The zero-order chi connectivity index (χ0) is 11.3. The summed E-state index contributed by atoms with van der Waals surface area (Å²) in [6, 6.07) is 2.12. The summed E-state index contributed by atoms with van der Waals surface area (Å²) in [7, 11) is 0. The van der Waals surface area contributed by atoms with Gasteiger partial charge in [-0.2, -0.15) is 0 Å². The van der Waals surface area contributed by atoms with Gasteiger partial charge in [0.2, 0.25) is 0 Å². The predicted octanol–water partition coefficient (Wildman–Crippen LogP) is 1.76. The Morgan fingerprint density at radius 3 is 2.80 bits per heavy atom. The summed E-state index contributed by atoms with van der Waals surface area (Å²) < 4.78 is 2.20. The molecule has 0 bridgehead atoms. The molecule has 2 N–H and O–H groups in total. The number of nitrogens with zero attached hydrogens (tertiary/aromatic N) is 1. The Hall–Kier alpha value is -0.800. The Balaban J connectivity index is 2.31. The Morgan fingerprint density at radius 2 is 2.20 bits per heavy atom. The fraction of sp³-hybridized carbons (Fsp3) is 0.667. The first-order chi connectivity index (χ1) is 7.01. The van der Waals surface area contributed by atoms with Crippen molar-refractivity contribution in [2.75, 3.05) is 6.54 Å². The van der Waals surface area contributed by atoms with E-state index in [9.17, 15) is 5.11 Å². The molecule has 0 aromatic carbocycles. The summed E-state index contributed by atoms with van der Waals surface area (Å²) in [5.74, 6) is 0. The molecule has 0 aliphatic heterocycles. The van der Waals surface area contributed by atoms with E-state index in [0.717, 1.165) is 19.5 Å². The smallest absolute Gasteiger partial charge is 0.0715 e. The van der Waals surface area contributed by atoms with E-state index in [4.69, 9.17) is 0 Å². The molecular weight excluding hydrogens is 188 g/mol. The fourth-order valence-corrected chi connectivity index (χ4v) is 1.51. The van der Waals surface area contributed by atoms with Crippen LogP contribution in [0.3, 0.4) is 0 Å². The van der Waals surface area contributed by atoms with Gasteiger partial charge >= 0.3 is 0 Å². The van der Waals surface area contributed by atoms with Gasteiger partial charge in [0.05, 0.1) is 5.60 Å². The van der Waals surface area contributed by atoms with E-state index in [0.29, 0.717) is 6.54 Å². The summed E-state index contributed by atoms with van der Waals surface area (Å²) in [5, 5.41) is 12.8. The highest BCUT2D eigenvalue weighted by Crippen LogP contribution is 2.03. The Labute approximate surface area is 92.1 Å². The molecule has 15 heavy (non-hydrogen) atoms.